The fraction of sp³-hybridized carbons (Fsp3) is 0.800. The average molecular weight is 83.1 g/mol. The molecule has 1 saturated carbocycles. The Bertz CT molecular complexity index is 68.0. The van der Waals surface area contributed by atoms with E-state index in [4.69, 9.17) is 0 Å². The number of hydrogen-bond acceptors (Lipinski definition) is 1. The lowest BCUT2D eigenvalue weighted by Crippen LogP contribution is -2.08. The van der Waals surface area contributed by atoms with Gasteiger partial charge in [0.25, 0.3) is 0 Å². The van der Waals surface area contributed by atoms with Crippen LogP contribution in [-0.2, 0) is 0 Å². The zero-order valence-corrected chi connectivity index (χ0v) is 4.07. The van der Waals surface area contributed by atoms with E-state index in [-0.39, 0.29) is 0 Å². The third-order valence-electron chi connectivity index (χ3n) is 1.25. The quantitative estimate of drug-likeness (QED) is 0.418. The lowest BCUT2D eigenvalue weighted by molar-refractivity contribution is 0.799. The van der Waals surface area contributed by atoms with Gasteiger partial charge in [0.1, 0.15) is 0 Å². The highest BCUT2D eigenvalue weighted by atomic mass is 14.7. The van der Waals surface area contributed by atoms with E-state index in [9.17, 15) is 0 Å². The predicted octanol–water partition coefficient (Wildman–Crippen LogP) is 1.24. The van der Waals surface area contributed by atoms with Crippen molar-refractivity contribution in [2.75, 3.05) is 7.05 Å². The van der Waals surface area contributed by atoms with Crippen molar-refractivity contribution in [1.29, 1.82) is 0 Å². The third kappa shape index (κ3) is 0.445. The van der Waals surface area contributed by atoms with Gasteiger partial charge in [0.15, 0.2) is 0 Å². The summed E-state index contributed by atoms with van der Waals surface area (Å²) in [6, 6.07) is 0. The molecule has 0 saturated heterocycles. The lowest BCUT2D eigenvalue weighted by atomic mass is 9.98. The van der Waals surface area contributed by atoms with E-state index in [0.717, 1.165) is 0 Å². The molecule has 0 radical (unpaired) electrons. The molecule has 0 spiro atoms. The van der Waals surface area contributed by atoms with E-state index in [1.54, 1.807) is 0 Å². The summed E-state index contributed by atoms with van der Waals surface area (Å²) in [5, 5.41) is 0. The van der Waals surface area contributed by atoms with Crippen LogP contribution >= 0.6 is 0 Å². The minimum Gasteiger partial charge on any atom is -0.297 e. The standard InChI is InChI=1S/C5H9N/c1-6-5-3-2-4-5/h2-4H2,1H3. The smallest absolute Gasteiger partial charge is 0.0276 e. The second kappa shape index (κ2) is 1.41. The lowest BCUT2D eigenvalue weighted by Gasteiger charge is -2.12. The van der Waals surface area contributed by atoms with Crippen molar-refractivity contribution in [1.82, 2.24) is 0 Å². The molecule has 0 atom stereocenters. The number of nitrogens with zero attached hydrogens (tertiary/aromatic N) is 1. The van der Waals surface area contributed by atoms with E-state index in [1.807, 2.05) is 7.05 Å². The van der Waals surface area contributed by atoms with Crippen LogP contribution in [0.3, 0.4) is 0 Å². The van der Waals surface area contributed by atoms with Crippen LogP contribution in [0.2, 0.25) is 0 Å². The van der Waals surface area contributed by atoms with Crippen LogP contribution in [-0.4, -0.2) is 12.8 Å². The van der Waals surface area contributed by atoms with Gasteiger partial charge in [0, 0.05) is 12.8 Å². The molecule has 1 fully saturated rings. The molecule has 0 bridgehead atoms. The highest BCUT2D eigenvalue weighted by molar-refractivity contribution is 5.88. The molecule has 0 amide bonds. The summed E-state index contributed by atoms with van der Waals surface area (Å²) >= 11 is 0. The summed E-state index contributed by atoms with van der Waals surface area (Å²) in [6.45, 7) is 0. The molecular formula is C5H9N. The van der Waals surface area contributed by atoms with Gasteiger partial charge in [-0.3, -0.25) is 4.99 Å². The van der Waals surface area contributed by atoms with Gasteiger partial charge in [-0.2, -0.15) is 0 Å². The highest BCUT2D eigenvalue weighted by Crippen LogP contribution is 2.12. The van der Waals surface area contributed by atoms with Crippen molar-refractivity contribution in [3.05, 3.63) is 0 Å². The molecule has 0 unspecified atom stereocenters. The first-order chi connectivity index (χ1) is 2.93. The molecule has 0 aromatic heterocycles. The largest absolute Gasteiger partial charge is 0.297 e. The van der Waals surface area contributed by atoms with Crippen LogP contribution in [0.4, 0.5) is 0 Å². The fourth-order valence-corrected chi connectivity index (χ4v) is 0.558. The minimum atomic E-state index is 1.26. The Kier molecular flexibility index (Phi) is 0.906. The Balaban J connectivity index is 2.34. The van der Waals surface area contributed by atoms with Gasteiger partial charge < -0.3 is 0 Å². The summed E-state index contributed by atoms with van der Waals surface area (Å²) in [5.74, 6) is 0. The molecular weight excluding hydrogens is 74.1 g/mol. The second-order valence-electron chi connectivity index (χ2n) is 1.64. The van der Waals surface area contributed by atoms with Crippen molar-refractivity contribution in [3.8, 4) is 0 Å². The maximum absolute atomic E-state index is 4.01. The first-order valence-corrected chi connectivity index (χ1v) is 2.38. The SMILES string of the molecule is CN=C1CCC1. The third-order valence-corrected chi connectivity index (χ3v) is 1.25. The van der Waals surface area contributed by atoms with Crippen molar-refractivity contribution in [2.24, 2.45) is 4.99 Å². The molecule has 1 aliphatic carbocycles. The van der Waals surface area contributed by atoms with Gasteiger partial charge in [0.2, 0.25) is 0 Å². The summed E-state index contributed by atoms with van der Waals surface area (Å²) < 4.78 is 0. The van der Waals surface area contributed by atoms with Gasteiger partial charge in [-0.15, -0.1) is 0 Å². The predicted molar refractivity (Wildman–Crippen MR) is 27.2 cm³/mol. The minimum absolute atomic E-state index is 1.26. The number of hydrogen-bond donors (Lipinski definition) is 0. The molecule has 1 heteroatoms. The average Bonchev–Trinajstić information content (AvgIpc) is 1.31. The molecule has 34 valence electrons. The van der Waals surface area contributed by atoms with Gasteiger partial charge in [-0.05, 0) is 19.3 Å². The van der Waals surface area contributed by atoms with Crippen LogP contribution in [0.1, 0.15) is 19.3 Å². The number of rotatable bonds is 0. The summed E-state index contributed by atoms with van der Waals surface area (Å²) in [5.41, 5.74) is 1.40. The van der Waals surface area contributed by atoms with Crippen LogP contribution < -0.4 is 0 Å². The van der Waals surface area contributed by atoms with Crippen LogP contribution in [0.25, 0.3) is 0 Å². The Morgan fingerprint density at radius 2 is 2.17 bits per heavy atom. The maximum atomic E-state index is 4.01. The Hall–Kier alpha value is -0.330. The van der Waals surface area contributed by atoms with Crippen molar-refractivity contribution < 1.29 is 0 Å². The summed E-state index contributed by atoms with van der Waals surface area (Å²) in [6.07, 6.45) is 3.89. The van der Waals surface area contributed by atoms with Crippen LogP contribution in [0.5, 0.6) is 0 Å². The number of aliphatic imine (C=N–C) groups is 1. The first-order valence-electron chi connectivity index (χ1n) is 2.38. The molecule has 0 N–H and O–H groups in total. The van der Waals surface area contributed by atoms with Gasteiger partial charge in [0.05, 0.1) is 0 Å². The van der Waals surface area contributed by atoms with Gasteiger partial charge in [-0.25, -0.2) is 0 Å². The summed E-state index contributed by atoms with van der Waals surface area (Å²) in [7, 11) is 1.87. The summed E-state index contributed by atoms with van der Waals surface area (Å²) in [4.78, 5) is 4.01. The van der Waals surface area contributed by atoms with Crippen molar-refractivity contribution in [3.63, 3.8) is 0 Å². The molecule has 0 aromatic carbocycles. The molecule has 1 nitrogen and oxygen atoms in total. The normalized spacial score (nSPS) is 19.8. The van der Waals surface area contributed by atoms with E-state index in [1.165, 1.54) is 25.0 Å². The zero-order chi connectivity index (χ0) is 4.41. The Labute approximate surface area is 38.1 Å². The van der Waals surface area contributed by atoms with E-state index < -0.39 is 0 Å². The second-order valence-corrected chi connectivity index (χ2v) is 1.64. The van der Waals surface area contributed by atoms with Crippen LogP contribution in [0, 0.1) is 0 Å². The molecule has 1 aliphatic rings. The molecule has 0 aromatic rings. The van der Waals surface area contributed by atoms with Gasteiger partial charge in [-0.1, -0.05) is 0 Å². The van der Waals surface area contributed by atoms with Crippen LogP contribution in [0.15, 0.2) is 4.99 Å². The Morgan fingerprint density at radius 1 is 1.50 bits per heavy atom. The first kappa shape index (κ1) is 3.85. The van der Waals surface area contributed by atoms with Gasteiger partial charge >= 0.3 is 0 Å². The van der Waals surface area contributed by atoms with Crippen molar-refractivity contribution in [2.45, 2.75) is 19.3 Å². The van der Waals surface area contributed by atoms with Crippen molar-refractivity contribution >= 4 is 5.71 Å². The molecule has 6 heavy (non-hydrogen) atoms. The topological polar surface area (TPSA) is 12.4 Å². The fourth-order valence-electron chi connectivity index (χ4n) is 0.558. The van der Waals surface area contributed by atoms with E-state index in [2.05, 4.69) is 4.99 Å². The molecule has 0 aliphatic heterocycles. The van der Waals surface area contributed by atoms with E-state index in [0.29, 0.717) is 0 Å². The maximum Gasteiger partial charge on any atom is 0.0276 e. The highest BCUT2D eigenvalue weighted by Gasteiger charge is 2.06. The van der Waals surface area contributed by atoms with E-state index >= 15 is 0 Å². The zero-order valence-electron chi connectivity index (χ0n) is 4.07. The Morgan fingerprint density at radius 3 is 2.17 bits per heavy atom. The molecule has 0 heterocycles. The monoisotopic (exact) mass is 83.1 g/mol. The molecule has 1 rings (SSSR count).